The molecule has 0 aromatic heterocycles. The van der Waals surface area contributed by atoms with Gasteiger partial charge in [0.15, 0.2) is 0 Å². The third-order valence-corrected chi connectivity index (χ3v) is 3.39. The molecule has 1 aliphatic carbocycles. The van der Waals surface area contributed by atoms with Crippen molar-refractivity contribution in [2.24, 2.45) is 5.41 Å². The molecule has 0 saturated heterocycles. The van der Waals surface area contributed by atoms with E-state index in [2.05, 4.69) is 20.1 Å². The minimum Gasteiger partial charge on any atom is -0.541 e. The van der Waals surface area contributed by atoms with Gasteiger partial charge in [0, 0.05) is 0 Å². The van der Waals surface area contributed by atoms with Gasteiger partial charge in [-0.2, -0.15) is 0 Å². The first-order valence-corrected chi connectivity index (χ1v) is 4.20. The molecular formula is C11H15CoO+2. The Labute approximate surface area is 90.5 Å². The van der Waals surface area contributed by atoms with Gasteiger partial charge in [-0.3, -0.25) is 0 Å². The van der Waals surface area contributed by atoms with E-state index in [1.165, 1.54) is 11.1 Å². The van der Waals surface area contributed by atoms with Gasteiger partial charge in [0.05, 0.1) is 0 Å². The van der Waals surface area contributed by atoms with Crippen LogP contribution in [-0.2, 0) is 21.6 Å². The predicted molar refractivity (Wildman–Crippen MR) is 50.5 cm³/mol. The molecule has 72 valence electrons. The van der Waals surface area contributed by atoms with Gasteiger partial charge in [-0.25, -0.2) is 6.29 Å². The number of hydrogen-bond acceptors (Lipinski definition) is 1. The summed E-state index contributed by atoms with van der Waals surface area (Å²) >= 11 is 0. The molecule has 1 aliphatic rings. The topological polar surface area (TPSA) is 17.1 Å². The number of rotatable bonds is 1. The molecule has 0 saturated carbocycles. The van der Waals surface area contributed by atoms with E-state index in [4.69, 9.17) is 0 Å². The van der Waals surface area contributed by atoms with Crippen molar-refractivity contribution in [2.75, 3.05) is 0 Å². The third kappa shape index (κ3) is 1.53. The summed E-state index contributed by atoms with van der Waals surface area (Å²) < 4.78 is 0. The molecule has 0 atom stereocenters. The van der Waals surface area contributed by atoms with Crippen LogP contribution in [0.5, 0.6) is 0 Å². The maximum atomic E-state index is 10.8. The van der Waals surface area contributed by atoms with Crippen molar-refractivity contribution in [2.45, 2.75) is 34.6 Å². The zero-order chi connectivity index (χ0) is 9.52. The van der Waals surface area contributed by atoms with Crippen molar-refractivity contribution in [1.82, 2.24) is 0 Å². The minimum atomic E-state index is -0.450. The molecule has 1 nitrogen and oxygen atoms in total. The average molecular weight is 222 g/mol. The van der Waals surface area contributed by atoms with Crippen LogP contribution < -0.4 is 0 Å². The second-order valence-electron chi connectivity index (χ2n) is 3.73. The zero-order valence-electron chi connectivity index (χ0n) is 8.74. The average Bonchev–Trinajstić information content (AvgIpc) is 2.22. The van der Waals surface area contributed by atoms with Gasteiger partial charge in [0.1, 0.15) is 0 Å². The fourth-order valence-corrected chi connectivity index (χ4v) is 1.75. The second kappa shape index (κ2) is 3.80. The van der Waals surface area contributed by atoms with Gasteiger partial charge in [-0.1, -0.05) is 34.6 Å². The summed E-state index contributed by atoms with van der Waals surface area (Å²) in [5, 5.41) is 0. The van der Waals surface area contributed by atoms with Crippen molar-refractivity contribution < 1.29 is 21.6 Å². The van der Waals surface area contributed by atoms with Gasteiger partial charge in [0.25, 0.3) is 0 Å². The van der Waals surface area contributed by atoms with Gasteiger partial charge < -0.3 is 4.79 Å². The molecule has 0 aromatic rings. The smallest absolute Gasteiger partial charge is 0.541 e. The molecule has 1 rings (SSSR count). The minimum absolute atomic E-state index is 0. The van der Waals surface area contributed by atoms with Gasteiger partial charge in [-0.15, -0.1) is 0 Å². The fraction of sp³-hybridized carbons (Fsp3) is 0.545. The summed E-state index contributed by atoms with van der Waals surface area (Å²) in [5.74, 6) is 0. The van der Waals surface area contributed by atoms with Crippen LogP contribution in [0.4, 0.5) is 0 Å². The first kappa shape index (κ1) is 12.7. The first-order valence-electron chi connectivity index (χ1n) is 4.20. The van der Waals surface area contributed by atoms with Crippen LogP contribution in [0.15, 0.2) is 22.3 Å². The summed E-state index contributed by atoms with van der Waals surface area (Å²) in [6, 6.07) is 0. The van der Waals surface area contributed by atoms with Crippen LogP contribution in [0.1, 0.15) is 34.6 Å². The van der Waals surface area contributed by atoms with E-state index in [0.717, 1.165) is 11.1 Å². The predicted octanol–water partition coefficient (Wildman–Crippen LogP) is 2.79. The molecule has 0 aromatic carbocycles. The van der Waals surface area contributed by atoms with Crippen LogP contribution in [0.3, 0.4) is 0 Å². The molecule has 0 radical (unpaired) electrons. The normalized spacial score (nSPS) is 20.4. The Balaban J connectivity index is 0.00000144. The van der Waals surface area contributed by atoms with Crippen molar-refractivity contribution in [3.8, 4) is 0 Å². The van der Waals surface area contributed by atoms with E-state index in [1.807, 2.05) is 20.8 Å². The quantitative estimate of drug-likeness (QED) is 0.623. The van der Waals surface area contributed by atoms with Crippen LogP contribution in [0.25, 0.3) is 0 Å². The Bertz CT molecular complexity index is 273. The Morgan fingerprint density at radius 1 is 1.00 bits per heavy atom. The van der Waals surface area contributed by atoms with E-state index in [0.29, 0.717) is 0 Å². The summed E-state index contributed by atoms with van der Waals surface area (Å²) in [4.78, 5) is 10.8. The maximum absolute atomic E-state index is 10.8. The zero-order valence-corrected chi connectivity index (χ0v) is 9.78. The number of hydrogen-bond donors (Lipinski definition) is 0. The monoisotopic (exact) mass is 222 g/mol. The van der Waals surface area contributed by atoms with Gasteiger partial charge in [0.2, 0.25) is 0 Å². The van der Waals surface area contributed by atoms with Crippen molar-refractivity contribution in [3.63, 3.8) is 0 Å². The summed E-state index contributed by atoms with van der Waals surface area (Å²) in [6.45, 7) is 10.1. The molecule has 0 fully saturated rings. The SMILES string of the molecule is CC1=C(C)C(C)([C-]=O)C(C)=C1C.[Co+3]. The fourth-order valence-electron chi connectivity index (χ4n) is 1.75. The summed E-state index contributed by atoms with van der Waals surface area (Å²) in [7, 11) is 0. The van der Waals surface area contributed by atoms with Crippen LogP contribution in [0.2, 0.25) is 0 Å². The van der Waals surface area contributed by atoms with E-state index in [9.17, 15) is 4.79 Å². The molecule has 0 N–H and O–H groups in total. The Morgan fingerprint density at radius 3 is 1.46 bits per heavy atom. The number of carbonyl (C=O) groups excluding carboxylic acids is 1. The van der Waals surface area contributed by atoms with E-state index < -0.39 is 5.41 Å². The first-order chi connectivity index (χ1) is 5.45. The van der Waals surface area contributed by atoms with Gasteiger partial charge >= 0.3 is 16.8 Å². The molecule has 0 amide bonds. The second-order valence-corrected chi connectivity index (χ2v) is 3.73. The van der Waals surface area contributed by atoms with Crippen molar-refractivity contribution in [1.29, 1.82) is 0 Å². The Morgan fingerprint density at radius 2 is 1.31 bits per heavy atom. The Kier molecular flexibility index (Phi) is 3.70. The molecular weight excluding hydrogens is 207 g/mol. The van der Waals surface area contributed by atoms with Crippen LogP contribution in [0, 0.1) is 5.41 Å². The van der Waals surface area contributed by atoms with Crippen LogP contribution in [-0.4, -0.2) is 6.29 Å². The van der Waals surface area contributed by atoms with E-state index in [-0.39, 0.29) is 16.8 Å². The Hall–Kier alpha value is -0.344. The molecule has 0 bridgehead atoms. The molecule has 13 heavy (non-hydrogen) atoms. The van der Waals surface area contributed by atoms with Crippen molar-refractivity contribution >= 4 is 6.29 Å². The van der Waals surface area contributed by atoms with Gasteiger partial charge in [-0.05, 0) is 27.7 Å². The van der Waals surface area contributed by atoms with Crippen LogP contribution >= 0.6 is 0 Å². The third-order valence-electron chi connectivity index (χ3n) is 3.39. The summed E-state index contributed by atoms with van der Waals surface area (Å²) in [6.07, 6.45) is 2.13. The molecule has 0 spiro atoms. The number of allylic oxidation sites excluding steroid dienone is 4. The largest absolute Gasteiger partial charge is 3.00 e. The summed E-state index contributed by atoms with van der Waals surface area (Å²) in [5.41, 5.74) is 4.34. The maximum Gasteiger partial charge on any atom is 3.00 e. The van der Waals surface area contributed by atoms with E-state index >= 15 is 0 Å². The molecule has 0 aliphatic heterocycles. The van der Waals surface area contributed by atoms with Crippen molar-refractivity contribution in [3.05, 3.63) is 22.3 Å². The van der Waals surface area contributed by atoms with E-state index in [1.54, 1.807) is 0 Å². The molecule has 2 heteroatoms. The standard InChI is InChI=1S/C11H15O.Co/c1-7-8(2)10(4)11(5,6-12)9(7)3;/h1-5H3;/q-1;+3. The molecule has 0 heterocycles. The molecule has 0 unspecified atom stereocenters.